The number of hydrogen-bond acceptors (Lipinski definition) is 5. The van der Waals surface area contributed by atoms with E-state index in [0.717, 1.165) is 0 Å². The molecule has 7 nitrogen and oxygen atoms in total. The molecule has 0 unspecified atom stereocenters. The molecule has 1 fully saturated rings. The van der Waals surface area contributed by atoms with Gasteiger partial charge in [0, 0.05) is 54.7 Å². The van der Waals surface area contributed by atoms with Gasteiger partial charge in [0.05, 0.1) is 11.1 Å². The third-order valence-electron chi connectivity index (χ3n) is 8.99. The third-order valence-corrected chi connectivity index (χ3v) is 8.99. The second-order valence-electron chi connectivity index (χ2n) is 11.5. The normalized spacial score (nSPS) is 20.5. The van der Waals surface area contributed by atoms with Crippen molar-refractivity contribution in [2.45, 2.75) is 31.2 Å². The van der Waals surface area contributed by atoms with Crippen LogP contribution in [0, 0.1) is 11.6 Å². The zero-order chi connectivity index (χ0) is 30.2. The number of nitrogens with one attached hydrogen (secondary N) is 2. The molecule has 0 spiro atoms. The van der Waals surface area contributed by atoms with Crippen molar-refractivity contribution in [1.82, 2.24) is 14.7 Å². The van der Waals surface area contributed by atoms with Crippen molar-refractivity contribution in [3.63, 3.8) is 0 Å². The number of carbonyl (C=O) groups excluding carboxylic acids is 2. The van der Waals surface area contributed by atoms with Crippen LogP contribution in [0.2, 0.25) is 0 Å². The molecule has 0 radical (unpaired) electrons. The highest BCUT2D eigenvalue weighted by Crippen LogP contribution is 2.38. The number of para-hydroxylation sites is 2. The van der Waals surface area contributed by atoms with Crippen molar-refractivity contribution in [1.29, 1.82) is 0 Å². The average molecular weight is 594 g/mol. The molecule has 9 heteroatoms. The lowest BCUT2D eigenvalue weighted by atomic mass is 9.96. The summed E-state index contributed by atoms with van der Waals surface area (Å²) in [6, 6.07) is 27.7. The fourth-order valence-electron chi connectivity index (χ4n) is 6.71. The van der Waals surface area contributed by atoms with E-state index in [-0.39, 0.29) is 29.5 Å². The molecule has 2 atom stereocenters. The second kappa shape index (κ2) is 11.7. The Bertz CT molecular complexity index is 1710. The number of hydrogen-bond donors (Lipinski definition) is 2. The number of piperidine rings is 1. The molecule has 224 valence electrons. The predicted octanol–water partition coefficient (Wildman–Crippen LogP) is 6.26. The topological polar surface area (TPSA) is 67.9 Å². The monoisotopic (exact) mass is 593 g/mol. The highest BCUT2D eigenvalue weighted by Gasteiger charge is 2.40. The van der Waals surface area contributed by atoms with Gasteiger partial charge in [0.15, 0.2) is 0 Å². The van der Waals surface area contributed by atoms with Crippen LogP contribution in [0.5, 0.6) is 0 Å². The van der Waals surface area contributed by atoms with Gasteiger partial charge in [-0.3, -0.25) is 9.59 Å². The number of benzene rings is 4. The third kappa shape index (κ3) is 5.07. The van der Waals surface area contributed by atoms with E-state index in [4.69, 9.17) is 0 Å². The summed E-state index contributed by atoms with van der Waals surface area (Å²) in [5.74, 6) is -0.972. The molecule has 0 saturated carbocycles. The summed E-state index contributed by atoms with van der Waals surface area (Å²) in [4.78, 5) is 33.3. The molecular formula is C35H33F2N5O2. The van der Waals surface area contributed by atoms with E-state index in [0.29, 0.717) is 72.6 Å². The van der Waals surface area contributed by atoms with Crippen LogP contribution in [0.1, 0.15) is 57.0 Å². The Morgan fingerprint density at radius 2 is 1.11 bits per heavy atom. The summed E-state index contributed by atoms with van der Waals surface area (Å²) in [7, 11) is 0. The van der Waals surface area contributed by atoms with Gasteiger partial charge in [0.25, 0.3) is 11.8 Å². The van der Waals surface area contributed by atoms with Gasteiger partial charge >= 0.3 is 0 Å². The fraction of sp³-hybridized carbons (Fsp3) is 0.257. The molecule has 3 aliphatic heterocycles. The van der Waals surface area contributed by atoms with E-state index >= 15 is 4.39 Å². The number of nitrogens with zero attached hydrogens (tertiary/aromatic N) is 3. The van der Waals surface area contributed by atoms with Crippen LogP contribution >= 0.6 is 0 Å². The molecular weight excluding hydrogens is 560 g/mol. The van der Waals surface area contributed by atoms with Gasteiger partial charge < -0.3 is 25.3 Å². The Balaban J connectivity index is 1.08. The molecule has 0 bridgehead atoms. The minimum absolute atomic E-state index is 0.0967. The van der Waals surface area contributed by atoms with Crippen molar-refractivity contribution in [2.24, 2.45) is 0 Å². The molecule has 1 saturated heterocycles. The van der Waals surface area contributed by atoms with Crippen molar-refractivity contribution >= 4 is 23.2 Å². The maximum atomic E-state index is 15.0. The summed E-state index contributed by atoms with van der Waals surface area (Å²) in [5, 5.41) is 6.79. The molecule has 44 heavy (non-hydrogen) atoms. The molecule has 2 N–H and O–H groups in total. The van der Waals surface area contributed by atoms with E-state index < -0.39 is 12.3 Å². The number of carbonyl (C=O) groups is 2. The standard InChI is InChI=1S/C35H33F2N5O2/c36-28-13-5-1-9-24(28)32-38-30-15-7-3-11-26(30)34(43)41(32)22-21-40-19-17-23(18-20-40)42-33(25-10-2-6-14-29(25)37)39-31-16-8-4-12-27(31)35(42)44/h1-16,23,32-33,38-39H,17-22H2/t32-,33+/m0/s1. The smallest absolute Gasteiger partial charge is 0.258 e. The van der Waals surface area contributed by atoms with Crippen LogP contribution in [0.25, 0.3) is 0 Å². The van der Waals surface area contributed by atoms with E-state index in [9.17, 15) is 14.0 Å². The SMILES string of the molecule is O=C1c2ccccc2N[C@H](c2ccccc2F)N1CCN1CCC(N2C(=O)c3ccccc3N[C@H]2c2ccccc2F)CC1. The molecule has 7 rings (SSSR count). The fourth-order valence-corrected chi connectivity index (χ4v) is 6.71. The van der Waals surface area contributed by atoms with Crippen molar-refractivity contribution in [3.05, 3.63) is 131 Å². The van der Waals surface area contributed by atoms with Crippen LogP contribution in [-0.2, 0) is 0 Å². The minimum atomic E-state index is -0.630. The average Bonchev–Trinajstić information content (AvgIpc) is 3.05. The molecule has 0 aromatic heterocycles. The largest absolute Gasteiger partial charge is 0.361 e. The van der Waals surface area contributed by atoms with Crippen molar-refractivity contribution in [2.75, 3.05) is 36.8 Å². The van der Waals surface area contributed by atoms with E-state index in [2.05, 4.69) is 15.5 Å². The zero-order valence-corrected chi connectivity index (χ0v) is 24.1. The highest BCUT2D eigenvalue weighted by molar-refractivity contribution is 6.02. The Kier molecular flexibility index (Phi) is 7.47. The van der Waals surface area contributed by atoms with E-state index in [1.54, 1.807) is 58.3 Å². The minimum Gasteiger partial charge on any atom is -0.361 e. The first-order valence-corrected chi connectivity index (χ1v) is 15.1. The molecule has 4 aromatic rings. The lowest BCUT2D eigenvalue weighted by Gasteiger charge is -2.46. The second-order valence-corrected chi connectivity index (χ2v) is 11.5. The van der Waals surface area contributed by atoms with Gasteiger partial charge in [0.2, 0.25) is 0 Å². The van der Waals surface area contributed by atoms with Gasteiger partial charge in [-0.15, -0.1) is 0 Å². The first kappa shape index (κ1) is 28.0. The summed E-state index contributed by atoms with van der Waals surface area (Å²) < 4.78 is 29.9. The lowest BCUT2D eigenvalue weighted by molar-refractivity contribution is 0.0418. The Labute approximate surface area is 255 Å². The quantitative estimate of drug-likeness (QED) is 0.276. The summed E-state index contributed by atoms with van der Waals surface area (Å²) in [5.41, 5.74) is 3.39. The van der Waals surface area contributed by atoms with Gasteiger partial charge in [-0.05, 0) is 49.2 Å². The van der Waals surface area contributed by atoms with E-state index in [1.807, 2.05) is 36.4 Å². The highest BCUT2D eigenvalue weighted by atomic mass is 19.1. The van der Waals surface area contributed by atoms with E-state index in [1.165, 1.54) is 12.1 Å². The number of halogens is 2. The predicted molar refractivity (Wildman–Crippen MR) is 165 cm³/mol. The number of fused-ring (bicyclic) bond motifs is 2. The summed E-state index contributed by atoms with van der Waals surface area (Å²) >= 11 is 0. The maximum Gasteiger partial charge on any atom is 0.258 e. The van der Waals surface area contributed by atoms with Crippen LogP contribution in [-0.4, -0.2) is 58.7 Å². The number of rotatable bonds is 6. The van der Waals surface area contributed by atoms with Gasteiger partial charge in [0.1, 0.15) is 24.0 Å². The van der Waals surface area contributed by atoms with Crippen molar-refractivity contribution in [3.8, 4) is 0 Å². The molecule has 0 aliphatic carbocycles. The number of anilines is 2. The Hall–Kier alpha value is -4.76. The van der Waals surface area contributed by atoms with Crippen LogP contribution in [0.15, 0.2) is 97.1 Å². The first-order chi connectivity index (χ1) is 21.5. The number of likely N-dealkylation sites (tertiary alicyclic amines) is 1. The zero-order valence-electron chi connectivity index (χ0n) is 24.1. The van der Waals surface area contributed by atoms with Crippen LogP contribution < -0.4 is 10.6 Å². The Morgan fingerprint density at radius 1 is 0.614 bits per heavy atom. The first-order valence-electron chi connectivity index (χ1n) is 15.1. The van der Waals surface area contributed by atoms with Crippen LogP contribution in [0.4, 0.5) is 20.2 Å². The van der Waals surface area contributed by atoms with Gasteiger partial charge in [-0.1, -0.05) is 60.7 Å². The maximum absolute atomic E-state index is 15.0. The Morgan fingerprint density at radius 3 is 1.73 bits per heavy atom. The summed E-state index contributed by atoms with van der Waals surface area (Å²) in [6.45, 7) is 2.41. The van der Waals surface area contributed by atoms with Gasteiger partial charge in [-0.2, -0.15) is 0 Å². The van der Waals surface area contributed by atoms with Gasteiger partial charge in [-0.25, -0.2) is 8.78 Å². The molecule has 3 aliphatic rings. The summed E-state index contributed by atoms with van der Waals surface area (Å²) in [6.07, 6.45) is 0.155. The molecule has 4 aromatic carbocycles. The van der Waals surface area contributed by atoms with Crippen LogP contribution in [0.3, 0.4) is 0 Å². The number of amides is 2. The van der Waals surface area contributed by atoms with Crippen molar-refractivity contribution < 1.29 is 18.4 Å². The molecule has 2 amide bonds. The lowest BCUT2D eigenvalue weighted by Crippen LogP contribution is -2.53. The molecule has 3 heterocycles.